The van der Waals surface area contributed by atoms with E-state index in [1.165, 1.54) is 5.56 Å². The molecule has 22 heavy (non-hydrogen) atoms. The van der Waals surface area contributed by atoms with Crippen molar-refractivity contribution in [2.45, 2.75) is 45.8 Å². The van der Waals surface area contributed by atoms with Crippen molar-refractivity contribution in [2.24, 2.45) is 0 Å². The van der Waals surface area contributed by atoms with Crippen molar-refractivity contribution in [2.75, 3.05) is 26.2 Å². The average Bonchev–Trinajstić information content (AvgIpc) is 2.50. The number of benzene rings is 1. The van der Waals surface area contributed by atoms with Gasteiger partial charge in [0.2, 0.25) is 0 Å². The van der Waals surface area contributed by atoms with E-state index in [0.717, 1.165) is 31.6 Å². The number of piperidine rings is 1. The van der Waals surface area contributed by atoms with Gasteiger partial charge in [-0.15, -0.1) is 0 Å². The van der Waals surface area contributed by atoms with Gasteiger partial charge in [-0.05, 0) is 38.4 Å². The average molecular weight is 304 g/mol. The number of carbonyl (C=O) groups excluding carboxylic acids is 1. The Morgan fingerprint density at radius 3 is 2.68 bits per heavy atom. The van der Waals surface area contributed by atoms with Crippen LogP contribution in [0.2, 0.25) is 0 Å². The van der Waals surface area contributed by atoms with Crippen LogP contribution in [0.1, 0.15) is 37.8 Å². The number of carbonyl (C=O) groups is 1. The third kappa shape index (κ3) is 3.87. The largest absolute Gasteiger partial charge is 0.379 e. The molecule has 1 saturated heterocycles. The van der Waals surface area contributed by atoms with Crippen LogP contribution in [0.4, 0.5) is 0 Å². The molecule has 0 saturated carbocycles. The van der Waals surface area contributed by atoms with Crippen LogP contribution in [-0.2, 0) is 11.3 Å². The Labute approximate surface area is 133 Å². The summed E-state index contributed by atoms with van der Waals surface area (Å²) in [5, 5.41) is 10.8. The number of nitrogens with zero attached hydrogens (tertiary/aromatic N) is 2. The lowest BCUT2D eigenvalue weighted by molar-refractivity contribution is -0.160. The van der Waals surface area contributed by atoms with Crippen LogP contribution in [-0.4, -0.2) is 52.6 Å². The Kier molecular flexibility index (Phi) is 5.59. The molecule has 4 nitrogen and oxygen atoms in total. The van der Waals surface area contributed by atoms with Gasteiger partial charge in [0.25, 0.3) is 5.91 Å². The summed E-state index contributed by atoms with van der Waals surface area (Å²) in [7, 11) is 0. The molecule has 0 radical (unpaired) electrons. The molecule has 0 spiro atoms. The second-order valence-corrected chi connectivity index (χ2v) is 6.31. The molecule has 0 aromatic heterocycles. The van der Waals surface area contributed by atoms with E-state index in [9.17, 15) is 9.90 Å². The first kappa shape index (κ1) is 17.0. The van der Waals surface area contributed by atoms with Crippen molar-refractivity contribution >= 4 is 5.91 Å². The molecule has 1 aromatic carbocycles. The highest BCUT2D eigenvalue weighted by Crippen LogP contribution is 2.25. The molecule has 1 heterocycles. The molecule has 122 valence electrons. The minimum Gasteiger partial charge on any atom is -0.379 e. The van der Waals surface area contributed by atoms with E-state index in [0.29, 0.717) is 19.5 Å². The molecule has 1 aromatic rings. The topological polar surface area (TPSA) is 43.8 Å². The summed E-state index contributed by atoms with van der Waals surface area (Å²) in [6.07, 6.45) is 1.42. The maximum absolute atomic E-state index is 12.8. The van der Waals surface area contributed by atoms with Gasteiger partial charge in [-0.25, -0.2) is 0 Å². The molecular weight excluding hydrogens is 276 g/mol. The van der Waals surface area contributed by atoms with Gasteiger partial charge >= 0.3 is 0 Å². The summed E-state index contributed by atoms with van der Waals surface area (Å²) in [6.45, 7) is 9.62. The SMILES string of the molecule is CCN(CC)C[C@@]1(O)CCCN(Cc2cccc(C)c2)C1=O. The van der Waals surface area contributed by atoms with Crippen LogP contribution in [0.3, 0.4) is 0 Å². The smallest absolute Gasteiger partial charge is 0.256 e. The first-order valence-corrected chi connectivity index (χ1v) is 8.28. The number of rotatable bonds is 6. The molecule has 1 fully saturated rings. The van der Waals surface area contributed by atoms with Crippen molar-refractivity contribution in [1.82, 2.24) is 9.80 Å². The van der Waals surface area contributed by atoms with Crippen LogP contribution >= 0.6 is 0 Å². The highest BCUT2D eigenvalue weighted by atomic mass is 16.3. The summed E-state index contributed by atoms with van der Waals surface area (Å²) in [6, 6.07) is 8.21. The molecule has 1 amide bonds. The lowest BCUT2D eigenvalue weighted by Gasteiger charge is -2.40. The normalized spacial score (nSPS) is 22.4. The van der Waals surface area contributed by atoms with Gasteiger partial charge in [-0.2, -0.15) is 0 Å². The van der Waals surface area contributed by atoms with E-state index < -0.39 is 5.60 Å². The van der Waals surface area contributed by atoms with E-state index >= 15 is 0 Å². The molecular formula is C18H28N2O2. The van der Waals surface area contributed by atoms with Gasteiger partial charge in [0.1, 0.15) is 0 Å². The van der Waals surface area contributed by atoms with Crippen LogP contribution in [0.5, 0.6) is 0 Å². The first-order valence-electron chi connectivity index (χ1n) is 8.28. The Morgan fingerprint density at radius 1 is 1.32 bits per heavy atom. The Balaban J connectivity index is 2.09. The highest BCUT2D eigenvalue weighted by molar-refractivity contribution is 5.86. The maximum atomic E-state index is 12.8. The standard InChI is InChI=1S/C18H28N2O2/c1-4-19(5-2)14-18(22)10-7-11-20(17(18)21)13-16-9-6-8-15(3)12-16/h6,8-9,12,22H,4-5,7,10-11,13-14H2,1-3H3/t18-/m0/s1. The van der Waals surface area contributed by atoms with E-state index in [-0.39, 0.29) is 5.91 Å². The predicted octanol–water partition coefficient (Wildman–Crippen LogP) is 2.19. The first-order chi connectivity index (χ1) is 10.5. The predicted molar refractivity (Wildman–Crippen MR) is 88.6 cm³/mol. The highest BCUT2D eigenvalue weighted by Gasteiger charge is 2.42. The van der Waals surface area contributed by atoms with Gasteiger partial charge in [0.05, 0.1) is 0 Å². The maximum Gasteiger partial charge on any atom is 0.256 e. The van der Waals surface area contributed by atoms with Crippen molar-refractivity contribution in [3.8, 4) is 0 Å². The third-order valence-electron chi connectivity index (χ3n) is 4.54. The van der Waals surface area contributed by atoms with Crippen LogP contribution in [0.15, 0.2) is 24.3 Å². The van der Waals surface area contributed by atoms with Gasteiger partial charge in [-0.1, -0.05) is 43.7 Å². The monoisotopic (exact) mass is 304 g/mol. The summed E-state index contributed by atoms with van der Waals surface area (Å²) in [5.41, 5.74) is 1.09. The minimum absolute atomic E-state index is 0.118. The van der Waals surface area contributed by atoms with E-state index in [4.69, 9.17) is 0 Å². The van der Waals surface area contributed by atoms with Gasteiger partial charge in [-0.3, -0.25) is 4.79 Å². The second-order valence-electron chi connectivity index (χ2n) is 6.31. The fourth-order valence-corrected chi connectivity index (χ4v) is 3.21. The quantitative estimate of drug-likeness (QED) is 0.876. The van der Waals surface area contributed by atoms with Gasteiger partial charge < -0.3 is 14.9 Å². The molecule has 1 atom stereocenters. The molecule has 1 N–H and O–H groups in total. The number of likely N-dealkylation sites (tertiary alicyclic amines) is 1. The van der Waals surface area contributed by atoms with Crippen LogP contribution < -0.4 is 0 Å². The van der Waals surface area contributed by atoms with Gasteiger partial charge in [0.15, 0.2) is 5.60 Å². The van der Waals surface area contributed by atoms with E-state index in [1.807, 2.05) is 17.0 Å². The number of aryl methyl sites for hydroxylation is 1. The molecule has 0 bridgehead atoms. The van der Waals surface area contributed by atoms with Crippen LogP contribution in [0, 0.1) is 6.92 Å². The zero-order chi connectivity index (χ0) is 16.2. The molecule has 2 rings (SSSR count). The van der Waals surface area contributed by atoms with E-state index in [2.05, 4.69) is 37.8 Å². The molecule has 0 unspecified atom stereocenters. The Morgan fingerprint density at radius 2 is 2.05 bits per heavy atom. The molecule has 1 aliphatic rings. The lowest BCUT2D eigenvalue weighted by Crippen LogP contribution is -2.58. The lowest BCUT2D eigenvalue weighted by atomic mass is 9.90. The second kappa shape index (κ2) is 7.25. The summed E-state index contributed by atoms with van der Waals surface area (Å²) in [4.78, 5) is 16.7. The minimum atomic E-state index is -1.23. The van der Waals surface area contributed by atoms with Crippen molar-refractivity contribution in [3.63, 3.8) is 0 Å². The number of likely N-dealkylation sites (N-methyl/N-ethyl adjacent to an activating group) is 1. The Hall–Kier alpha value is -1.39. The third-order valence-corrected chi connectivity index (χ3v) is 4.54. The van der Waals surface area contributed by atoms with Crippen LogP contribution in [0.25, 0.3) is 0 Å². The zero-order valence-electron chi connectivity index (χ0n) is 14.0. The number of hydrogen-bond acceptors (Lipinski definition) is 3. The fourth-order valence-electron chi connectivity index (χ4n) is 3.21. The molecule has 0 aliphatic carbocycles. The van der Waals surface area contributed by atoms with Crippen molar-refractivity contribution in [1.29, 1.82) is 0 Å². The summed E-state index contributed by atoms with van der Waals surface area (Å²) < 4.78 is 0. The Bertz CT molecular complexity index is 514. The molecule has 4 heteroatoms. The number of hydrogen-bond donors (Lipinski definition) is 1. The van der Waals surface area contributed by atoms with Crippen molar-refractivity contribution < 1.29 is 9.90 Å². The molecule has 1 aliphatic heterocycles. The fraction of sp³-hybridized carbons (Fsp3) is 0.611. The number of amides is 1. The van der Waals surface area contributed by atoms with Gasteiger partial charge in [0, 0.05) is 19.6 Å². The zero-order valence-corrected chi connectivity index (χ0v) is 14.0. The summed E-state index contributed by atoms with van der Waals surface area (Å²) in [5.74, 6) is -0.118. The number of aliphatic hydroxyl groups is 1. The van der Waals surface area contributed by atoms with E-state index in [1.54, 1.807) is 0 Å². The summed E-state index contributed by atoms with van der Waals surface area (Å²) >= 11 is 0. The van der Waals surface area contributed by atoms with Crippen molar-refractivity contribution in [3.05, 3.63) is 35.4 Å².